The molecule has 1 amide bonds. The molecule has 7 heteroatoms. The van der Waals surface area contributed by atoms with Crippen molar-refractivity contribution in [3.05, 3.63) is 80.4 Å². The topological polar surface area (TPSA) is 45.8 Å². The third-order valence-corrected chi connectivity index (χ3v) is 6.44. The van der Waals surface area contributed by atoms with E-state index in [4.69, 9.17) is 32.6 Å². The van der Waals surface area contributed by atoms with Gasteiger partial charge < -0.3 is 4.42 Å². The van der Waals surface area contributed by atoms with Crippen LogP contribution in [-0.2, 0) is 4.79 Å². The summed E-state index contributed by atoms with van der Waals surface area (Å²) in [5, 5.41) is 1.73. The summed E-state index contributed by atoms with van der Waals surface area (Å²) in [7, 11) is 0. The molecule has 0 radical (unpaired) electrons. The number of amides is 1. The summed E-state index contributed by atoms with van der Waals surface area (Å²) in [5.41, 5.74) is 3.80. The maximum atomic E-state index is 12.9. The van der Waals surface area contributed by atoms with Crippen LogP contribution in [0.5, 0.6) is 0 Å². The first-order valence-corrected chi connectivity index (χ1v) is 11.4. The molecule has 158 valence electrons. The molecule has 0 bridgehead atoms. The van der Waals surface area contributed by atoms with E-state index in [1.807, 2.05) is 51.1 Å². The number of aryl methyl sites for hydroxylation is 2. The van der Waals surface area contributed by atoms with Gasteiger partial charge in [0.05, 0.1) is 15.6 Å². The Hall–Kier alpha value is -2.47. The minimum Gasteiger partial charge on any atom is -0.457 e. The Morgan fingerprint density at radius 1 is 1.10 bits per heavy atom. The van der Waals surface area contributed by atoms with Gasteiger partial charge in [-0.2, -0.15) is 0 Å². The van der Waals surface area contributed by atoms with Gasteiger partial charge in [-0.15, -0.1) is 0 Å². The van der Waals surface area contributed by atoms with Crippen molar-refractivity contribution in [1.29, 1.82) is 0 Å². The number of hydrogen-bond acceptors (Lipinski definition) is 4. The number of aliphatic imine (C=N–C) groups is 1. The van der Waals surface area contributed by atoms with Crippen LogP contribution in [0, 0.1) is 13.8 Å². The van der Waals surface area contributed by atoms with E-state index in [9.17, 15) is 4.79 Å². The fourth-order valence-corrected chi connectivity index (χ4v) is 4.74. The average Bonchev–Trinajstić information content (AvgIpc) is 3.29. The first kappa shape index (κ1) is 21.8. The lowest BCUT2D eigenvalue weighted by atomic mass is 10.1. The second-order valence-electron chi connectivity index (χ2n) is 7.17. The van der Waals surface area contributed by atoms with E-state index in [1.54, 1.807) is 23.1 Å². The van der Waals surface area contributed by atoms with Crippen LogP contribution in [0.15, 0.2) is 62.8 Å². The number of benzene rings is 2. The van der Waals surface area contributed by atoms with Crippen LogP contribution in [0.25, 0.3) is 17.4 Å². The highest BCUT2D eigenvalue weighted by molar-refractivity contribution is 8.18. The van der Waals surface area contributed by atoms with Gasteiger partial charge in [0.25, 0.3) is 5.91 Å². The molecule has 4 nitrogen and oxygen atoms in total. The number of amidine groups is 1. The van der Waals surface area contributed by atoms with Crippen molar-refractivity contribution in [2.24, 2.45) is 4.99 Å². The molecule has 31 heavy (non-hydrogen) atoms. The van der Waals surface area contributed by atoms with Gasteiger partial charge in [0.1, 0.15) is 11.5 Å². The van der Waals surface area contributed by atoms with Gasteiger partial charge in [-0.3, -0.25) is 9.69 Å². The molecule has 1 aliphatic rings. The minimum absolute atomic E-state index is 0.0842. The van der Waals surface area contributed by atoms with Crippen LogP contribution in [0.4, 0.5) is 5.69 Å². The van der Waals surface area contributed by atoms with Gasteiger partial charge in [-0.05, 0) is 80.1 Å². The van der Waals surface area contributed by atoms with Gasteiger partial charge in [0, 0.05) is 23.2 Å². The summed E-state index contributed by atoms with van der Waals surface area (Å²) < 4.78 is 5.93. The number of carbonyl (C=O) groups is 1. The van der Waals surface area contributed by atoms with Crippen molar-refractivity contribution in [3.63, 3.8) is 0 Å². The maximum absolute atomic E-state index is 12.9. The Morgan fingerprint density at radius 3 is 2.65 bits per heavy atom. The lowest BCUT2D eigenvalue weighted by Gasteiger charge is -2.12. The van der Waals surface area contributed by atoms with Crippen molar-refractivity contribution >= 4 is 57.8 Å². The fourth-order valence-electron chi connectivity index (χ4n) is 3.21. The number of furan rings is 1. The lowest BCUT2D eigenvalue weighted by Crippen LogP contribution is -2.28. The van der Waals surface area contributed by atoms with Crippen LogP contribution >= 0.6 is 35.0 Å². The molecule has 4 rings (SSSR count). The number of nitrogens with zero attached hydrogens (tertiary/aromatic N) is 2. The SMILES string of the molecule is CCN1C(=O)/C(=C\c2ccc(-c3ccc(Cl)cc3Cl)o2)SC1=Nc1cc(C)ccc1C. The molecule has 0 spiro atoms. The summed E-state index contributed by atoms with van der Waals surface area (Å²) in [6, 6.07) is 15.0. The second-order valence-corrected chi connectivity index (χ2v) is 9.02. The summed E-state index contributed by atoms with van der Waals surface area (Å²) in [6.07, 6.45) is 1.74. The molecule has 1 aliphatic heterocycles. The van der Waals surface area contributed by atoms with Crippen molar-refractivity contribution in [1.82, 2.24) is 4.90 Å². The van der Waals surface area contributed by atoms with Crippen LogP contribution in [0.3, 0.4) is 0 Å². The van der Waals surface area contributed by atoms with Gasteiger partial charge in [0.15, 0.2) is 5.17 Å². The van der Waals surface area contributed by atoms with Crippen LogP contribution in [0.1, 0.15) is 23.8 Å². The molecule has 0 N–H and O–H groups in total. The number of rotatable bonds is 4. The minimum atomic E-state index is -0.0842. The molecular formula is C24H20Cl2N2O2S. The highest BCUT2D eigenvalue weighted by atomic mass is 35.5. The Bertz CT molecular complexity index is 1230. The molecule has 0 atom stereocenters. The Balaban J connectivity index is 1.64. The molecule has 1 aromatic heterocycles. The van der Waals surface area contributed by atoms with E-state index < -0.39 is 0 Å². The largest absolute Gasteiger partial charge is 0.457 e. The number of carbonyl (C=O) groups excluding carboxylic acids is 1. The summed E-state index contributed by atoms with van der Waals surface area (Å²) in [5.74, 6) is 1.10. The van der Waals surface area contributed by atoms with E-state index >= 15 is 0 Å². The number of hydrogen-bond donors (Lipinski definition) is 0. The number of likely N-dealkylation sites (N-methyl/N-ethyl adjacent to an activating group) is 1. The summed E-state index contributed by atoms with van der Waals surface area (Å²) >= 11 is 13.6. The van der Waals surface area contributed by atoms with E-state index in [-0.39, 0.29) is 5.91 Å². The first-order chi connectivity index (χ1) is 14.9. The van der Waals surface area contributed by atoms with Gasteiger partial charge >= 0.3 is 0 Å². The smallest absolute Gasteiger partial charge is 0.266 e. The molecule has 1 fully saturated rings. The lowest BCUT2D eigenvalue weighted by molar-refractivity contribution is -0.122. The number of thioether (sulfide) groups is 1. The first-order valence-electron chi connectivity index (χ1n) is 9.78. The van der Waals surface area contributed by atoms with E-state index in [0.29, 0.717) is 38.2 Å². The fraction of sp³-hybridized carbons (Fsp3) is 0.167. The quantitative estimate of drug-likeness (QED) is 0.370. The molecule has 2 aromatic carbocycles. The Labute approximate surface area is 195 Å². The predicted octanol–water partition coefficient (Wildman–Crippen LogP) is 7.49. The van der Waals surface area contributed by atoms with Gasteiger partial charge in [0.2, 0.25) is 0 Å². The number of halogens is 2. The van der Waals surface area contributed by atoms with Crippen LogP contribution < -0.4 is 0 Å². The molecular weight excluding hydrogens is 451 g/mol. The molecule has 0 unspecified atom stereocenters. The molecule has 0 aliphatic carbocycles. The molecule has 3 aromatic rings. The Morgan fingerprint density at radius 2 is 1.90 bits per heavy atom. The van der Waals surface area contributed by atoms with Crippen molar-refractivity contribution in [2.45, 2.75) is 20.8 Å². The summed E-state index contributed by atoms with van der Waals surface area (Å²) in [4.78, 5) is 20.0. The van der Waals surface area contributed by atoms with E-state index in [2.05, 4.69) is 6.07 Å². The average molecular weight is 471 g/mol. The molecule has 0 saturated carbocycles. The monoisotopic (exact) mass is 470 g/mol. The second kappa shape index (κ2) is 8.95. The van der Waals surface area contributed by atoms with Gasteiger partial charge in [-0.1, -0.05) is 35.3 Å². The zero-order valence-electron chi connectivity index (χ0n) is 17.3. The van der Waals surface area contributed by atoms with E-state index in [1.165, 1.54) is 11.8 Å². The highest BCUT2D eigenvalue weighted by Gasteiger charge is 2.32. The third kappa shape index (κ3) is 4.59. The van der Waals surface area contributed by atoms with Crippen LogP contribution in [-0.4, -0.2) is 22.5 Å². The zero-order chi connectivity index (χ0) is 22.1. The van der Waals surface area contributed by atoms with E-state index in [0.717, 1.165) is 22.4 Å². The normalized spacial score (nSPS) is 16.7. The Kier molecular flexibility index (Phi) is 6.28. The van der Waals surface area contributed by atoms with Gasteiger partial charge in [-0.25, -0.2) is 4.99 Å². The van der Waals surface area contributed by atoms with Crippen molar-refractivity contribution < 1.29 is 9.21 Å². The van der Waals surface area contributed by atoms with Crippen LogP contribution in [0.2, 0.25) is 10.0 Å². The third-order valence-electron chi connectivity index (χ3n) is 4.88. The molecule has 2 heterocycles. The molecule has 1 saturated heterocycles. The zero-order valence-corrected chi connectivity index (χ0v) is 19.6. The maximum Gasteiger partial charge on any atom is 0.266 e. The predicted molar refractivity (Wildman–Crippen MR) is 130 cm³/mol. The van der Waals surface area contributed by atoms with Crippen molar-refractivity contribution in [2.75, 3.05) is 6.54 Å². The summed E-state index contributed by atoms with van der Waals surface area (Å²) in [6.45, 7) is 6.52. The van der Waals surface area contributed by atoms with Crippen molar-refractivity contribution in [3.8, 4) is 11.3 Å². The highest BCUT2D eigenvalue weighted by Crippen LogP contribution is 2.36. The standard InChI is InChI=1S/C24H20Cl2N2O2S/c1-4-28-23(29)22(31-24(28)27-20-11-14(2)5-6-15(20)3)13-17-8-10-21(30-17)18-9-7-16(25)12-19(18)26/h5-13H,4H2,1-3H3/b22-13+,27-24?.